The van der Waals surface area contributed by atoms with Crippen LogP contribution in [0.1, 0.15) is 5.56 Å². The molecule has 0 atom stereocenters. The number of hydrogen-bond donors (Lipinski definition) is 1. The van der Waals surface area contributed by atoms with Crippen molar-refractivity contribution in [1.29, 1.82) is 0 Å². The Kier molecular flexibility index (Phi) is 3.16. The van der Waals surface area contributed by atoms with Gasteiger partial charge in [0.15, 0.2) is 0 Å². The first-order valence-corrected chi connectivity index (χ1v) is 6.20. The third-order valence-corrected chi connectivity index (χ3v) is 3.06. The van der Waals surface area contributed by atoms with E-state index in [1.807, 2.05) is 17.0 Å². The molecule has 100 valence electrons. The van der Waals surface area contributed by atoms with Crippen LogP contribution in [0.25, 0.3) is 5.70 Å². The number of rotatable bonds is 2. The topological polar surface area (TPSA) is 54.5 Å². The Morgan fingerprint density at radius 1 is 1.15 bits per heavy atom. The first-order chi connectivity index (χ1) is 9.74. The van der Waals surface area contributed by atoms with Crippen LogP contribution in [0.5, 0.6) is 0 Å². The number of hydrogen-bond acceptors (Lipinski definition) is 4. The van der Waals surface area contributed by atoms with Gasteiger partial charge >= 0.3 is 0 Å². The van der Waals surface area contributed by atoms with Crippen molar-refractivity contribution in [1.82, 2.24) is 4.98 Å². The Morgan fingerprint density at radius 2 is 1.95 bits per heavy atom. The molecule has 1 aliphatic heterocycles. The minimum absolute atomic E-state index is 0.265. The third kappa shape index (κ3) is 2.38. The molecule has 5 heteroatoms. The molecule has 0 unspecified atom stereocenters. The van der Waals surface area contributed by atoms with Crippen molar-refractivity contribution >= 4 is 17.2 Å². The highest BCUT2D eigenvalue weighted by Gasteiger charge is 2.18. The van der Waals surface area contributed by atoms with Gasteiger partial charge in [0.1, 0.15) is 11.7 Å². The summed E-state index contributed by atoms with van der Waals surface area (Å²) in [6.07, 6.45) is 5.19. The van der Waals surface area contributed by atoms with Crippen molar-refractivity contribution < 1.29 is 4.39 Å². The molecule has 0 saturated heterocycles. The maximum absolute atomic E-state index is 13.1. The third-order valence-electron chi connectivity index (χ3n) is 3.06. The van der Waals surface area contributed by atoms with Gasteiger partial charge in [0.2, 0.25) is 0 Å². The molecule has 0 fully saturated rings. The van der Waals surface area contributed by atoms with Gasteiger partial charge in [-0.1, -0.05) is 0 Å². The predicted molar refractivity (Wildman–Crippen MR) is 77.6 cm³/mol. The predicted octanol–water partition coefficient (Wildman–Crippen LogP) is 2.40. The number of nitrogens with two attached hydrogens (primary N) is 1. The summed E-state index contributed by atoms with van der Waals surface area (Å²) >= 11 is 0. The largest absolute Gasteiger partial charge is 0.386 e. The standard InChI is InChI=1S/C15H13FN4/c16-12-3-5-13(6-4-12)20-10-15(17)19-9-14(20)11-2-1-7-18-8-11/h1-9H,10H2,(H2,17,19). The first kappa shape index (κ1) is 12.3. The second-order valence-corrected chi connectivity index (χ2v) is 4.44. The van der Waals surface area contributed by atoms with E-state index in [0.29, 0.717) is 12.4 Å². The number of benzene rings is 1. The molecule has 4 nitrogen and oxygen atoms in total. The number of amidine groups is 1. The smallest absolute Gasteiger partial charge is 0.123 e. The Hall–Kier alpha value is -2.69. The Morgan fingerprint density at radius 3 is 2.65 bits per heavy atom. The number of pyridine rings is 1. The summed E-state index contributed by atoms with van der Waals surface area (Å²) in [7, 11) is 0. The molecule has 3 rings (SSSR count). The quantitative estimate of drug-likeness (QED) is 0.910. The summed E-state index contributed by atoms with van der Waals surface area (Å²) in [5.41, 5.74) is 8.49. The minimum Gasteiger partial charge on any atom is -0.386 e. The molecule has 2 aromatic rings. The number of nitrogens with zero attached hydrogens (tertiary/aromatic N) is 3. The highest BCUT2D eigenvalue weighted by molar-refractivity contribution is 5.94. The Bertz CT molecular complexity index is 662. The van der Waals surface area contributed by atoms with Crippen LogP contribution in [-0.2, 0) is 0 Å². The Labute approximate surface area is 116 Å². The van der Waals surface area contributed by atoms with E-state index in [9.17, 15) is 4.39 Å². The average molecular weight is 268 g/mol. The fraction of sp³-hybridized carbons (Fsp3) is 0.0667. The van der Waals surface area contributed by atoms with Crippen LogP contribution in [0.3, 0.4) is 0 Å². The summed E-state index contributed by atoms with van der Waals surface area (Å²) in [5.74, 6) is 0.251. The van der Waals surface area contributed by atoms with Gasteiger partial charge in [-0.2, -0.15) is 0 Å². The molecular weight excluding hydrogens is 255 g/mol. The van der Waals surface area contributed by atoms with Crippen LogP contribution in [0, 0.1) is 5.82 Å². The lowest BCUT2D eigenvalue weighted by Crippen LogP contribution is -2.35. The fourth-order valence-corrected chi connectivity index (χ4v) is 2.10. The van der Waals surface area contributed by atoms with Gasteiger partial charge in [-0.25, -0.2) is 9.38 Å². The van der Waals surface area contributed by atoms with E-state index in [2.05, 4.69) is 9.98 Å². The van der Waals surface area contributed by atoms with Crippen molar-refractivity contribution in [3.63, 3.8) is 0 Å². The van der Waals surface area contributed by atoms with Crippen LogP contribution < -0.4 is 10.6 Å². The second-order valence-electron chi connectivity index (χ2n) is 4.44. The number of anilines is 1. The molecule has 20 heavy (non-hydrogen) atoms. The first-order valence-electron chi connectivity index (χ1n) is 6.20. The average Bonchev–Trinajstić information content (AvgIpc) is 2.49. The van der Waals surface area contributed by atoms with E-state index in [4.69, 9.17) is 5.73 Å². The van der Waals surface area contributed by atoms with Crippen molar-refractivity contribution in [2.75, 3.05) is 11.4 Å². The summed E-state index contributed by atoms with van der Waals surface area (Å²) in [5, 5.41) is 0. The summed E-state index contributed by atoms with van der Waals surface area (Å²) in [6.45, 7) is 0.465. The molecule has 1 aliphatic rings. The van der Waals surface area contributed by atoms with Crippen molar-refractivity contribution in [2.24, 2.45) is 10.7 Å². The summed E-state index contributed by atoms with van der Waals surface area (Å²) in [6, 6.07) is 10.1. The number of halogens is 1. The van der Waals surface area contributed by atoms with Crippen molar-refractivity contribution in [2.45, 2.75) is 0 Å². The van der Waals surface area contributed by atoms with Crippen LogP contribution in [0.2, 0.25) is 0 Å². The molecule has 1 aromatic carbocycles. The number of aromatic nitrogens is 1. The van der Waals surface area contributed by atoms with E-state index in [-0.39, 0.29) is 5.82 Å². The maximum Gasteiger partial charge on any atom is 0.123 e. The van der Waals surface area contributed by atoms with Gasteiger partial charge in [-0.3, -0.25) is 4.98 Å². The van der Waals surface area contributed by atoms with E-state index in [1.165, 1.54) is 12.1 Å². The van der Waals surface area contributed by atoms with Crippen LogP contribution in [0.15, 0.2) is 60.0 Å². The summed E-state index contributed by atoms with van der Waals surface area (Å²) < 4.78 is 13.1. The van der Waals surface area contributed by atoms with E-state index in [1.54, 1.807) is 30.7 Å². The van der Waals surface area contributed by atoms with Crippen LogP contribution in [0.4, 0.5) is 10.1 Å². The highest BCUT2D eigenvalue weighted by Crippen LogP contribution is 2.27. The molecule has 0 bridgehead atoms. The lowest BCUT2D eigenvalue weighted by Gasteiger charge is -2.29. The maximum atomic E-state index is 13.1. The molecule has 1 aromatic heterocycles. The van der Waals surface area contributed by atoms with Gasteiger partial charge in [0.25, 0.3) is 0 Å². The molecule has 0 radical (unpaired) electrons. The van der Waals surface area contributed by atoms with E-state index in [0.717, 1.165) is 16.9 Å². The van der Waals surface area contributed by atoms with Gasteiger partial charge < -0.3 is 10.6 Å². The van der Waals surface area contributed by atoms with Gasteiger partial charge in [0.05, 0.1) is 18.4 Å². The molecule has 0 spiro atoms. The van der Waals surface area contributed by atoms with Gasteiger partial charge in [0, 0.05) is 23.6 Å². The minimum atomic E-state index is -0.265. The SMILES string of the molecule is NC1=NC=C(c2cccnc2)N(c2ccc(F)cc2)C1. The summed E-state index contributed by atoms with van der Waals surface area (Å²) in [4.78, 5) is 10.3. The van der Waals surface area contributed by atoms with Gasteiger partial charge in [-0.15, -0.1) is 0 Å². The lowest BCUT2D eigenvalue weighted by atomic mass is 10.1. The molecule has 2 heterocycles. The zero-order valence-electron chi connectivity index (χ0n) is 10.7. The van der Waals surface area contributed by atoms with Crippen molar-refractivity contribution in [3.05, 3.63) is 66.4 Å². The zero-order chi connectivity index (χ0) is 13.9. The normalized spacial score (nSPS) is 14.8. The molecular formula is C15H13FN4. The zero-order valence-corrected chi connectivity index (χ0v) is 10.7. The number of aliphatic imine (C=N–C) groups is 1. The van der Waals surface area contributed by atoms with Crippen LogP contribution >= 0.6 is 0 Å². The van der Waals surface area contributed by atoms with E-state index >= 15 is 0 Å². The molecule has 0 saturated carbocycles. The van der Waals surface area contributed by atoms with E-state index < -0.39 is 0 Å². The monoisotopic (exact) mass is 268 g/mol. The lowest BCUT2D eigenvalue weighted by molar-refractivity contribution is 0.628. The highest BCUT2D eigenvalue weighted by atomic mass is 19.1. The van der Waals surface area contributed by atoms with Gasteiger partial charge in [-0.05, 0) is 36.4 Å². The molecule has 2 N–H and O–H groups in total. The second kappa shape index (κ2) is 5.13. The Balaban J connectivity index is 2.03. The fourth-order valence-electron chi connectivity index (χ4n) is 2.10. The molecule has 0 amide bonds. The van der Waals surface area contributed by atoms with Crippen molar-refractivity contribution in [3.8, 4) is 0 Å². The van der Waals surface area contributed by atoms with Crippen LogP contribution in [-0.4, -0.2) is 17.4 Å². The molecule has 0 aliphatic carbocycles.